The Labute approximate surface area is 213 Å². The van der Waals surface area contributed by atoms with Crippen LogP contribution >= 0.6 is 27.7 Å². The number of carbonyl (C=O) groups is 4. The van der Waals surface area contributed by atoms with E-state index in [1.54, 1.807) is 27.7 Å². The van der Waals surface area contributed by atoms with Crippen molar-refractivity contribution in [3.8, 4) is 0 Å². The van der Waals surface area contributed by atoms with Crippen molar-refractivity contribution in [3.63, 3.8) is 0 Å². The van der Waals surface area contributed by atoms with Gasteiger partial charge in [0, 0.05) is 22.4 Å². The van der Waals surface area contributed by atoms with Gasteiger partial charge >= 0.3 is 11.9 Å². The summed E-state index contributed by atoms with van der Waals surface area (Å²) in [6.07, 6.45) is -0.567. The van der Waals surface area contributed by atoms with E-state index in [0.717, 1.165) is 10.0 Å². The van der Waals surface area contributed by atoms with Crippen LogP contribution in [-0.2, 0) is 34.4 Å². The molecule has 1 aromatic rings. The Morgan fingerprint density at radius 1 is 1.03 bits per heavy atom. The zero-order valence-corrected chi connectivity index (χ0v) is 22.4. The van der Waals surface area contributed by atoms with Gasteiger partial charge in [-0.2, -0.15) is 11.8 Å². The number of ether oxygens (including phenoxy) is 2. The molecule has 0 aromatic heterocycles. The predicted octanol–water partition coefficient (Wildman–Crippen LogP) is 2.29. The second-order valence-electron chi connectivity index (χ2n) is 8.15. The maximum atomic E-state index is 12.7. The van der Waals surface area contributed by atoms with Crippen molar-refractivity contribution in [1.82, 2.24) is 10.6 Å². The highest BCUT2D eigenvalue weighted by molar-refractivity contribution is 9.10. The van der Waals surface area contributed by atoms with Gasteiger partial charge in [0.2, 0.25) is 11.8 Å². The summed E-state index contributed by atoms with van der Waals surface area (Å²) < 4.78 is 11.0. The average Bonchev–Trinajstić information content (AvgIpc) is 2.75. The van der Waals surface area contributed by atoms with Crippen LogP contribution in [0.15, 0.2) is 28.7 Å². The van der Waals surface area contributed by atoms with Crippen molar-refractivity contribution in [1.29, 1.82) is 0 Å². The topological polar surface area (TPSA) is 137 Å². The Bertz CT molecular complexity index is 819. The summed E-state index contributed by atoms with van der Waals surface area (Å²) in [4.78, 5) is 48.7. The highest BCUT2D eigenvalue weighted by Gasteiger charge is 2.23. The van der Waals surface area contributed by atoms with Crippen LogP contribution in [0.25, 0.3) is 0 Å². The molecule has 34 heavy (non-hydrogen) atoms. The number of hydrogen-bond donors (Lipinski definition) is 3. The second-order valence-corrected chi connectivity index (χ2v) is 10.1. The van der Waals surface area contributed by atoms with E-state index in [2.05, 4.69) is 26.6 Å². The Kier molecular flexibility index (Phi) is 13.8. The van der Waals surface area contributed by atoms with Gasteiger partial charge in [-0.25, -0.2) is 0 Å². The van der Waals surface area contributed by atoms with E-state index in [9.17, 15) is 19.2 Å². The Balaban J connectivity index is 2.66. The molecular formula is C23H34BrN3O6S. The number of hydrogen-bond acceptors (Lipinski definition) is 8. The smallest absolute Gasteiger partial charge is 0.325 e. The number of nitrogens with two attached hydrogens (primary N) is 1. The number of rotatable bonds is 14. The quantitative estimate of drug-likeness (QED) is 0.295. The van der Waals surface area contributed by atoms with Crippen molar-refractivity contribution in [2.75, 3.05) is 12.3 Å². The van der Waals surface area contributed by atoms with Crippen molar-refractivity contribution in [2.24, 2.45) is 5.73 Å². The van der Waals surface area contributed by atoms with Crippen LogP contribution in [-0.4, -0.2) is 60.3 Å². The fraction of sp³-hybridized carbons (Fsp3) is 0.565. The Morgan fingerprint density at radius 3 is 2.24 bits per heavy atom. The third-order valence-electron chi connectivity index (χ3n) is 4.23. The van der Waals surface area contributed by atoms with Crippen LogP contribution in [0.1, 0.15) is 46.1 Å². The Morgan fingerprint density at radius 2 is 1.65 bits per heavy atom. The molecule has 0 spiro atoms. The van der Waals surface area contributed by atoms with E-state index < -0.39 is 35.8 Å². The maximum absolute atomic E-state index is 12.7. The molecule has 190 valence electrons. The third kappa shape index (κ3) is 13.0. The number of nitrogens with one attached hydrogen (secondary N) is 2. The van der Waals surface area contributed by atoms with Crippen LogP contribution in [0.5, 0.6) is 0 Å². The molecule has 0 saturated heterocycles. The number of esters is 2. The molecule has 0 bridgehead atoms. The van der Waals surface area contributed by atoms with Crippen LogP contribution < -0.4 is 16.4 Å². The largest absolute Gasteiger partial charge is 0.462 e. The van der Waals surface area contributed by atoms with Gasteiger partial charge < -0.3 is 25.8 Å². The van der Waals surface area contributed by atoms with E-state index in [1.165, 1.54) is 11.8 Å². The summed E-state index contributed by atoms with van der Waals surface area (Å²) in [5.74, 6) is -1.15. The van der Waals surface area contributed by atoms with Gasteiger partial charge in [0.25, 0.3) is 0 Å². The summed E-state index contributed by atoms with van der Waals surface area (Å²) in [6.45, 7) is 6.55. The molecule has 2 amide bonds. The van der Waals surface area contributed by atoms with Crippen LogP contribution in [0.3, 0.4) is 0 Å². The van der Waals surface area contributed by atoms with Crippen LogP contribution in [0, 0.1) is 0 Å². The highest BCUT2D eigenvalue weighted by Crippen LogP contribution is 2.17. The SMILES string of the molecule is CC(C)OC(=O)CNC(=O)[C@H](CSCc1ccc(Br)cc1)NC(=O)CC[C@H](N)C(=O)OC(C)C. The van der Waals surface area contributed by atoms with Crippen molar-refractivity contribution in [2.45, 2.75) is 70.6 Å². The van der Waals surface area contributed by atoms with Crippen molar-refractivity contribution in [3.05, 3.63) is 34.3 Å². The first kappa shape index (κ1) is 29.9. The molecule has 0 aliphatic heterocycles. The second kappa shape index (κ2) is 15.7. The molecule has 9 nitrogen and oxygen atoms in total. The van der Waals surface area contributed by atoms with Gasteiger partial charge in [-0.1, -0.05) is 28.1 Å². The summed E-state index contributed by atoms with van der Waals surface area (Å²) in [7, 11) is 0. The minimum atomic E-state index is -0.932. The van der Waals surface area contributed by atoms with Gasteiger partial charge in [0.15, 0.2) is 0 Å². The van der Waals surface area contributed by atoms with Gasteiger partial charge in [-0.3, -0.25) is 19.2 Å². The predicted molar refractivity (Wildman–Crippen MR) is 135 cm³/mol. The average molecular weight is 561 g/mol. The fourth-order valence-electron chi connectivity index (χ4n) is 2.64. The van der Waals surface area contributed by atoms with Crippen molar-refractivity contribution < 1.29 is 28.7 Å². The van der Waals surface area contributed by atoms with Gasteiger partial charge in [0.05, 0.1) is 12.2 Å². The Hall–Kier alpha value is -2.11. The highest BCUT2D eigenvalue weighted by atomic mass is 79.9. The number of carbonyl (C=O) groups excluding carboxylic acids is 4. The third-order valence-corrected chi connectivity index (χ3v) is 5.86. The van der Waals surface area contributed by atoms with Gasteiger partial charge in [0.1, 0.15) is 18.6 Å². The molecule has 0 aliphatic carbocycles. The lowest BCUT2D eigenvalue weighted by Gasteiger charge is -2.19. The van der Waals surface area contributed by atoms with E-state index in [1.807, 2.05) is 24.3 Å². The fourth-order valence-corrected chi connectivity index (χ4v) is 3.92. The first-order valence-corrected chi connectivity index (χ1v) is 13.0. The zero-order valence-electron chi connectivity index (χ0n) is 20.0. The molecule has 2 atom stereocenters. The van der Waals surface area contributed by atoms with Gasteiger partial charge in [-0.05, 0) is 51.8 Å². The minimum Gasteiger partial charge on any atom is -0.462 e. The van der Waals surface area contributed by atoms with E-state index in [4.69, 9.17) is 15.2 Å². The molecular weight excluding hydrogens is 526 g/mol. The molecule has 0 saturated carbocycles. The van der Waals surface area contributed by atoms with Crippen molar-refractivity contribution >= 4 is 51.4 Å². The first-order valence-electron chi connectivity index (χ1n) is 11.0. The molecule has 0 heterocycles. The van der Waals surface area contributed by atoms with Crippen LogP contribution in [0.2, 0.25) is 0 Å². The lowest BCUT2D eigenvalue weighted by Crippen LogP contribution is -2.49. The number of benzene rings is 1. The number of thioether (sulfide) groups is 1. The molecule has 1 rings (SSSR count). The maximum Gasteiger partial charge on any atom is 0.325 e. The van der Waals surface area contributed by atoms with Crippen LogP contribution in [0.4, 0.5) is 0 Å². The van der Waals surface area contributed by atoms with E-state index in [0.29, 0.717) is 5.75 Å². The number of halogens is 1. The molecule has 0 aliphatic rings. The summed E-state index contributed by atoms with van der Waals surface area (Å²) in [6, 6.07) is 5.97. The molecule has 0 fully saturated rings. The normalized spacial score (nSPS) is 12.7. The lowest BCUT2D eigenvalue weighted by atomic mass is 10.1. The first-order chi connectivity index (χ1) is 16.0. The molecule has 4 N–H and O–H groups in total. The molecule has 0 unspecified atom stereocenters. The van der Waals surface area contributed by atoms with E-state index >= 15 is 0 Å². The molecule has 1 aromatic carbocycles. The molecule has 0 radical (unpaired) electrons. The standard InChI is InChI=1S/C23H34BrN3O6S/c1-14(2)32-21(29)11-26-22(30)19(13-34-12-16-5-7-17(24)8-6-16)27-20(28)10-9-18(25)23(31)33-15(3)4/h5-8,14-15,18-19H,9-13,25H2,1-4H3,(H,26,30)(H,27,28)/t18-,19-/m0/s1. The summed E-state index contributed by atoms with van der Waals surface area (Å²) in [5, 5.41) is 5.18. The monoisotopic (exact) mass is 559 g/mol. The zero-order chi connectivity index (χ0) is 25.7. The molecule has 11 heteroatoms. The minimum absolute atomic E-state index is 0.0507. The van der Waals surface area contributed by atoms with E-state index in [-0.39, 0.29) is 37.3 Å². The lowest BCUT2D eigenvalue weighted by molar-refractivity contribution is -0.149. The summed E-state index contributed by atoms with van der Waals surface area (Å²) in [5.41, 5.74) is 6.85. The summed E-state index contributed by atoms with van der Waals surface area (Å²) >= 11 is 4.85. The van der Waals surface area contributed by atoms with Gasteiger partial charge in [-0.15, -0.1) is 0 Å². The number of amides is 2.